The molecule has 0 amide bonds. The van der Waals surface area contributed by atoms with E-state index in [-0.39, 0.29) is 16.6 Å². The summed E-state index contributed by atoms with van der Waals surface area (Å²) >= 11 is 11.9. The molecule has 0 radical (unpaired) electrons. The van der Waals surface area contributed by atoms with E-state index in [0.717, 1.165) is 0 Å². The van der Waals surface area contributed by atoms with Crippen LogP contribution in [0.1, 0.15) is 29.8 Å². The molecule has 120 valence electrons. The Kier molecular flexibility index (Phi) is 4.97. The third-order valence-corrected chi connectivity index (χ3v) is 3.71. The van der Waals surface area contributed by atoms with Gasteiger partial charge in [-0.2, -0.15) is 0 Å². The van der Waals surface area contributed by atoms with Crippen molar-refractivity contribution in [3.8, 4) is 5.75 Å². The van der Waals surface area contributed by atoms with Crippen molar-refractivity contribution in [2.24, 2.45) is 0 Å². The summed E-state index contributed by atoms with van der Waals surface area (Å²) < 4.78 is 5.43. The Hall–Kier alpha value is -2.04. The van der Waals surface area contributed by atoms with Crippen molar-refractivity contribution in [1.29, 1.82) is 0 Å². The molecule has 2 aromatic carbocycles. The summed E-state index contributed by atoms with van der Waals surface area (Å²) in [4.78, 5) is 23.7. The molecule has 0 heterocycles. The monoisotopic (exact) mass is 352 g/mol. The van der Waals surface area contributed by atoms with Gasteiger partial charge in [0.2, 0.25) is 0 Å². The van der Waals surface area contributed by atoms with Crippen LogP contribution in [-0.2, 0) is 4.79 Å². The Labute approximate surface area is 143 Å². The Balaban J connectivity index is 2.32. The molecule has 0 atom stereocenters. The van der Waals surface area contributed by atoms with Crippen LogP contribution in [0.5, 0.6) is 5.75 Å². The van der Waals surface area contributed by atoms with Gasteiger partial charge in [-0.1, -0.05) is 35.3 Å². The minimum atomic E-state index is -1.40. The van der Waals surface area contributed by atoms with E-state index in [0.29, 0.717) is 16.1 Å². The van der Waals surface area contributed by atoms with Crippen LogP contribution in [0, 0.1) is 0 Å². The van der Waals surface area contributed by atoms with Crippen LogP contribution in [0.2, 0.25) is 10.0 Å². The van der Waals surface area contributed by atoms with Gasteiger partial charge in [-0.15, -0.1) is 0 Å². The second-order valence-electron chi connectivity index (χ2n) is 5.40. The lowest BCUT2D eigenvalue weighted by atomic mass is 10.0. The zero-order chi connectivity index (χ0) is 17.2. The van der Waals surface area contributed by atoms with E-state index in [1.165, 1.54) is 26.0 Å². The van der Waals surface area contributed by atoms with Crippen LogP contribution in [0.4, 0.5) is 0 Å². The maximum atomic E-state index is 12.5. The minimum Gasteiger partial charge on any atom is -0.478 e. The Bertz CT molecular complexity index is 769. The number of aliphatic carboxylic acids is 1. The Morgan fingerprint density at radius 1 is 1.09 bits per heavy atom. The normalized spacial score (nSPS) is 11.1. The number of carbonyl (C=O) groups excluding carboxylic acids is 1. The first kappa shape index (κ1) is 17.3. The first-order chi connectivity index (χ1) is 10.7. The van der Waals surface area contributed by atoms with Crippen molar-refractivity contribution in [2.45, 2.75) is 19.4 Å². The van der Waals surface area contributed by atoms with Crippen LogP contribution in [0.15, 0.2) is 42.5 Å². The largest absolute Gasteiger partial charge is 0.478 e. The second kappa shape index (κ2) is 6.60. The molecular weight excluding hydrogens is 339 g/mol. The fourth-order valence-electron chi connectivity index (χ4n) is 1.87. The van der Waals surface area contributed by atoms with E-state index >= 15 is 0 Å². The van der Waals surface area contributed by atoms with Gasteiger partial charge < -0.3 is 9.84 Å². The molecule has 0 aliphatic carbocycles. The van der Waals surface area contributed by atoms with E-state index in [4.69, 9.17) is 33.0 Å². The first-order valence-corrected chi connectivity index (χ1v) is 7.48. The highest BCUT2D eigenvalue weighted by Gasteiger charge is 2.29. The summed E-state index contributed by atoms with van der Waals surface area (Å²) in [6, 6.07) is 10.9. The standard InChI is InChI=1S/C17H14Cl2O4/c1-17(2,16(21)22)23-12-5-3-4-10(8-12)15(20)13-7-6-11(18)9-14(13)19/h3-9H,1-2H3,(H,21,22). The topological polar surface area (TPSA) is 63.6 Å². The molecule has 2 aromatic rings. The highest BCUT2D eigenvalue weighted by atomic mass is 35.5. The first-order valence-electron chi connectivity index (χ1n) is 6.73. The van der Waals surface area contributed by atoms with Crippen LogP contribution < -0.4 is 4.74 Å². The molecule has 2 rings (SSSR count). The third-order valence-electron chi connectivity index (χ3n) is 3.16. The highest BCUT2D eigenvalue weighted by molar-refractivity contribution is 6.37. The number of carbonyl (C=O) groups is 2. The van der Waals surface area contributed by atoms with Gasteiger partial charge in [-0.3, -0.25) is 4.79 Å². The van der Waals surface area contributed by atoms with Crippen LogP contribution in [0.25, 0.3) is 0 Å². The molecule has 0 spiro atoms. The Morgan fingerprint density at radius 2 is 1.78 bits per heavy atom. The van der Waals surface area contributed by atoms with E-state index in [9.17, 15) is 9.59 Å². The maximum Gasteiger partial charge on any atom is 0.347 e. The lowest BCUT2D eigenvalue weighted by molar-refractivity contribution is -0.152. The molecule has 0 bridgehead atoms. The number of carboxylic acids is 1. The van der Waals surface area contributed by atoms with Gasteiger partial charge >= 0.3 is 5.97 Å². The van der Waals surface area contributed by atoms with Crippen LogP contribution >= 0.6 is 23.2 Å². The number of rotatable bonds is 5. The Morgan fingerprint density at radius 3 is 2.39 bits per heavy atom. The fraction of sp³-hybridized carbons (Fsp3) is 0.176. The average molecular weight is 353 g/mol. The number of benzene rings is 2. The smallest absolute Gasteiger partial charge is 0.347 e. The van der Waals surface area contributed by atoms with Gasteiger partial charge in [0.25, 0.3) is 0 Å². The van der Waals surface area contributed by atoms with Gasteiger partial charge in [-0.25, -0.2) is 4.79 Å². The summed E-state index contributed by atoms with van der Waals surface area (Å²) in [5.74, 6) is -1.12. The average Bonchev–Trinajstić information content (AvgIpc) is 2.46. The minimum absolute atomic E-state index is 0.250. The third kappa shape index (κ3) is 4.03. The van der Waals surface area contributed by atoms with Gasteiger partial charge in [-0.05, 0) is 44.2 Å². The van der Waals surface area contributed by atoms with Crippen molar-refractivity contribution in [3.05, 3.63) is 63.6 Å². The molecule has 0 saturated carbocycles. The molecule has 0 aliphatic heterocycles. The quantitative estimate of drug-likeness (QED) is 0.806. The van der Waals surface area contributed by atoms with E-state index in [1.54, 1.807) is 30.3 Å². The van der Waals surface area contributed by atoms with Crippen molar-refractivity contribution in [1.82, 2.24) is 0 Å². The number of carboxylic acid groups (broad SMARTS) is 1. The lowest BCUT2D eigenvalue weighted by Crippen LogP contribution is -2.37. The van der Waals surface area contributed by atoms with Crippen molar-refractivity contribution >= 4 is 35.0 Å². The van der Waals surface area contributed by atoms with Crippen molar-refractivity contribution in [3.63, 3.8) is 0 Å². The van der Waals surface area contributed by atoms with E-state index in [1.807, 2.05) is 0 Å². The number of hydrogen-bond acceptors (Lipinski definition) is 3. The lowest BCUT2D eigenvalue weighted by Gasteiger charge is -2.21. The molecule has 0 fully saturated rings. The number of hydrogen-bond donors (Lipinski definition) is 1. The van der Waals surface area contributed by atoms with Gasteiger partial charge in [0.1, 0.15) is 5.75 Å². The fourth-order valence-corrected chi connectivity index (χ4v) is 2.36. The molecule has 1 N–H and O–H groups in total. The van der Waals surface area contributed by atoms with Crippen molar-refractivity contribution in [2.75, 3.05) is 0 Å². The van der Waals surface area contributed by atoms with Crippen LogP contribution in [-0.4, -0.2) is 22.5 Å². The summed E-state index contributed by atoms with van der Waals surface area (Å²) in [7, 11) is 0. The van der Waals surface area contributed by atoms with Gasteiger partial charge in [0.05, 0.1) is 5.02 Å². The zero-order valence-corrected chi connectivity index (χ0v) is 14.0. The van der Waals surface area contributed by atoms with Gasteiger partial charge in [0, 0.05) is 16.1 Å². The predicted molar refractivity (Wildman–Crippen MR) is 88.7 cm³/mol. The highest BCUT2D eigenvalue weighted by Crippen LogP contribution is 2.26. The predicted octanol–water partition coefficient (Wildman–Crippen LogP) is 4.47. The molecule has 0 aliphatic rings. The summed E-state index contributed by atoms with van der Waals surface area (Å²) in [5.41, 5.74) is -0.752. The number of halogens is 2. The molecule has 4 nitrogen and oxygen atoms in total. The molecule has 0 unspecified atom stereocenters. The molecule has 0 saturated heterocycles. The van der Waals surface area contributed by atoms with E-state index < -0.39 is 11.6 Å². The molecular formula is C17H14Cl2O4. The SMILES string of the molecule is CC(C)(Oc1cccc(C(=O)c2ccc(Cl)cc2Cl)c1)C(=O)O. The van der Waals surface area contributed by atoms with Crippen LogP contribution in [0.3, 0.4) is 0 Å². The van der Waals surface area contributed by atoms with Gasteiger partial charge in [0.15, 0.2) is 11.4 Å². The molecule has 0 aromatic heterocycles. The van der Waals surface area contributed by atoms with Crippen molar-refractivity contribution < 1.29 is 19.4 Å². The second-order valence-corrected chi connectivity index (χ2v) is 6.24. The zero-order valence-electron chi connectivity index (χ0n) is 12.5. The molecule has 6 heteroatoms. The molecule has 23 heavy (non-hydrogen) atoms. The number of ketones is 1. The maximum absolute atomic E-state index is 12.5. The summed E-state index contributed by atoms with van der Waals surface area (Å²) in [5, 5.41) is 9.79. The number of ether oxygens (including phenoxy) is 1. The van der Waals surface area contributed by atoms with E-state index in [2.05, 4.69) is 0 Å². The summed E-state index contributed by atoms with van der Waals surface area (Å²) in [6.45, 7) is 2.86. The summed E-state index contributed by atoms with van der Waals surface area (Å²) in [6.07, 6.45) is 0.